The molecule has 152 valence electrons. The van der Waals surface area contributed by atoms with Gasteiger partial charge in [-0.05, 0) is 37.8 Å². The van der Waals surface area contributed by atoms with E-state index in [0.29, 0.717) is 29.6 Å². The number of amides is 2. The highest BCUT2D eigenvalue weighted by Gasteiger charge is 2.38. The number of carbonyl (C=O) groups is 3. The Hall–Kier alpha value is -2.74. The number of aromatic nitrogens is 1. The van der Waals surface area contributed by atoms with Crippen LogP contribution in [0.25, 0.3) is 11.3 Å². The Morgan fingerprint density at radius 3 is 2.48 bits per heavy atom. The van der Waals surface area contributed by atoms with Crippen molar-refractivity contribution in [3.63, 3.8) is 0 Å². The van der Waals surface area contributed by atoms with E-state index < -0.39 is 0 Å². The summed E-state index contributed by atoms with van der Waals surface area (Å²) in [5, 5.41) is 8.16. The molecule has 2 saturated carbocycles. The van der Waals surface area contributed by atoms with E-state index in [4.69, 9.17) is 4.74 Å². The average molecular weight is 413 g/mol. The second-order valence-electron chi connectivity index (χ2n) is 7.52. The van der Waals surface area contributed by atoms with Gasteiger partial charge in [0.15, 0.2) is 5.13 Å². The quantitative estimate of drug-likeness (QED) is 0.709. The van der Waals surface area contributed by atoms with Crippen molar-refractivity contribution in [2.45, 2.75) is 38.1 Å². The molecule has 1 aromatic carbocycles. The van der Waals surface area contributed by atoms with Gasteiger partial charge in [-0.3, -0.25) is 14.4 Å². The number of thiazole rings is 1. The third kappa shape index (κ3) is 4.48. The van der Waals surface area contributed by atoms with Gasteiger partial charge in [-0.25, -0.2) is 4.98 Å². The second kappa shape index (κ2) is 8.32. The number of esters is 1. The predicted molar refractivity (Wildman–Crippen MR) is 110 cm³/mol. The lowest BCUT2D eigenvalue weighted by Gasteiger charge is -2.16. The smallest absolute Gasteiger partial charge is 0.309 e. The van der Waals surface area contributed by atoms with Gasteiger partial charge in [-0.15, -0.1) is 11.3 Å². The summed E-state index contributed by atoms with van der Waals surface area (Å²) in [5.41, 5.74) is 2.23. The molecule has 0 radical (unpaired) electrons. The largest absolute Gasteiger partial charge is 0.469 e. The minimum absolute atomic E-state index is 0.0537. The van der Waals surface area contributed by atoms with Crippen LogP contribution in [-0.2, 0) is 14.3 Å². The van der Waals surface area contributed by atoms with Gasteiger partial charge >= 0.3 is 5.97 Å². The van der Waals surface area contributed by atoms with E-state index in [1.165, 1.54) is 18.4 Å². The third-order valence-electron chi connectivity index (χ3n) is 5.45. The van der Waals surface area contributed by atoms with Gasteiger partial charge in [0, 0.05) is 22.5 Å². The first-order valence-electron chi connectivity index (χ1n) is 9.80. The number of anilines is 1. The molecule has 1 heterocycles. The fourth-order valence-electron chi connectivity index (χ4n) is 3.66. The van der Waals surface area contributed by atoms with Crippen LogP contribution < -0.4 is 10.6 Å². The van der Waals surface area contributed by atoms with Crippen LogP contribution in [0.15, 0.2) is 29.6 Å². The van der Waals surface area contributed by atoms with E-state index >= 15 is 0 Å². The summed E-state index contributed by atoms with van der Waals surface area (Å²) < 4.78 is 4.82. The first kappa shape index (κ1) is 19.6. The first-order valence-corrected chi connectivity index (χ1v) is 10.7. The van der Waals surface area contributed by atoms with E-state index in [1.807, 2.05) is 17.5 Å². The third-order valence-corrected chi connectivity index (χ3v) is 6.20. The van der Waals surface area contributed by atoms with Crippen molar-refractivity contribution in [3.05, 3.63) is 35.2 Å². The molecule has 4 rings (SSSR count). The monoisotopic (exact) mass is 413 g/mol. The molecule has 1 aromatic heterocycles. The number of methoxy groups -OCH3 is 1. The number of ether oxygens (including phenoxy) is 1. The van der Waals surface area contributed by atoms with Crippen LogP contribution >= 0.6 is 11.3 Å². The Kier molecular flexibility index (Phi) is 5.62. The van der Waals surface area contributed by atoms with E-state index in [2.05, 4.69) is 15.6 Å². The SMILES string of the molecule is COC(=O)[C@H]1CCC[C@@H]1C(=O)Nc1nc(-c2ccc(C(=O)NC3CC3)cc2)cs1. The summed E-state index contributed by atoms with van der Waals surface area (Å²) in [5.74, 6) is -1.32. The molecule has 7 nitrogen and oxygen atoms in total. The number of nitrogens with zero attached hydrogens (tertiary/aromatic N) is 1. The van der Waals surface area contributed by atoms with Crippen LogP contribution in [0.2, 0.25) is 0 Å². The Labute approximate surface area is 172 Å². The van der Waals surface area contributed by atoms with Gasteiger partial charge in [-0.1, -0.05) is 18.6 Å². The van der Waals surface area contributed by atoms with Crippen molar-refractivity contribution >= 4 is 34.3 Å². The molecule has 0 unspecified atom stereocenters. The number of hydrogen-bond acceptors (Lipinski definition) is 6. The Bertz CT molecular complexity index is 920. The number of carbonyl (C=O) groups excluding carboxylic acids is 3. The van der Waals surface area contributed by atoms with Gasteiger partial charge in [0.05, 0.1) is 24.6 Å². The van der Waals surface area contributed by atoms with E-state index in [0.717, 1.165) is 30.5 Å². The van der Waals surface area contributed by atoms with Gasteiger partial charge in [0.2, 0.25) is 5.91 Å². The summed E-state index contributed by atoms with van der Waals surface area (Å²) in [6, 6.07) is 7.60. The molecule has 2 atom stereocenters. The maximum atomic E-state index is 12.6. The number of nitrogens with one attached hydrogen (secondary N) is 2. The molecule has 0 saturated heterocycles. The van der Waals surface area contributed by atoms with Gasteiger partial charge in [-0.2, -0.15) is 0 Å². The lowest BCUT2D eigenvalue weighted by Crippen LogP contribution is -2.30. The molecule has 29 heavy (non-hydrogen) atoms. The van der Waals surface area contributed by atoms with Crippen LogP contribution in [0, 0.1) is 11.8 Å². The Balaban J connectivity index is 1.39. The minimum Gasteiger partial charge on any atom is -0.469 e. The van der Waals surface area contributed by atoms with Crippen molar-refractivity contribution in [1.29, 1.82) is 0 Å². The topological polar surface area (TPSA) is 97.4 Å². The van der Waals surface area contributed by atoms with Crippen LogP contribution in [-0.4, -0.2) is 35.9 Å². The zero-order chi connectivity index (χ0) is 20.4. The molecule has 2 aliphatic rings. The first-order chi connectivity index (χ1) is 14.0. The van der Waals surface area contributed by atoms with Crippen molar-refractivity contribution in [2.75, 3.05) is 12.4 Å². The van der Waals surface area contributed by atoms with Gasteiger partial charge in [0.25, 0.3) is 5.91 Å². The molecule has 8 heteroatoms. The minimum atomic E-state index is -0.381. The molecule has 0 aliphatic heterocycles. The summed E-state index contributed by atoms with van der Waals surface area (Å²) >= 11 is 1.34. The van der Waals surface area contributed by atoms with Crippen LogP contribution in [0.1, 0.15) is 42.5 Å². The zero-order valence-corrected chi connectivity index (χ0v) is 17.0. The maximum absolute atomic E-state index is 12.6. The average Bonchev–Trinajstić information content (AvgIpc) is 3.21. The van der Waals surface area contributed by atoms with E-state index in [9.17, 15) is 14.4 Å². The number of hydrogen-bond donors (Lipinski definition) is 2. The van der Waals surface area contributed by atoms with Crippen molar-refractivity contribution in [1.82, 2.24) is 10.3 Å². The molecule has 2 fully saturated rings. The molecular formula is C21H23N3O4S. The van der Waals surface area contributed by atoms with Crippen molar-refractivity contribution in [2.24, 2.45) is 11.8 Å². The molecule has 2 amide bonds. The molecule has 2 aliphatic carbocycles. The highest BCUT2D eigenvalue weighted by atomic mass is 32.1. The predicted octanol–water partition coefficient (Wildman–Crippen LogP) is 3.23. The standard InChI is InChI=1S/C21H23N3O4S/c1-28-20(27)16-4-2-3-15(16)19(26)24-21-23-17(11-29-21)12-5-7-13(8-6-12)18(25)22-14-9-10-14/h5-8,11,14-16H,2-4,9-10H2,1H3,(H,22,25)(H,23,24,26)/t15-,16-/m0/s1. The molecule has 0 bridgehead atoms. The van der Waals surface area contributed by atoms with E-state index in [-0.39, 0.29) is 29.6 Å². The molecule has 2 aromatic rings. The summed E-state index contributed by atoms with van der Waals surface area (Å²) in [6.45, 7) is 0. The van der Waals surface area contributed by atoms with E-state index in [1.54, 1.807) is 12.1 Å². The lowest BCUT2D eigenvalue weighted by atomic mass is 9.95. The zero-order valence-electron chi connectivity index (χ0n) is 16.1. The van der Waals surface area contributed by atoms with Crippen LogP contribution in [0.4, 0.5) is 5.13 Å². The van der Waals surface area contributed by atoms with Crippen molar-refractivity contribution in [3.8, 4) is 11.3 Å². The van der Waals surface area contributed by atoms with Gasteiger partial charge in [0.1, 0.15) is 0 Å². The summed E-state index contributed by atoms with van der Waals surface area (Å²) in [6.07, 6.45) is 4.29. The maximum Gasteiger partial charge on any atom is 0.309 e. The molecular weight excluding hydrogens is 390 g/mol. The fraction of sp³-hybridized carbons (Fsp3) is 0.429. The Morgan fingerprint density at radius 1 is 1.07 bits per heavy atom. The number of benzene rings is 1. The van der Waals surface area contributed by atoms with Crippen LogP contribution in [0.3, 0.4) is 0 Å². The van der Waals surface area contributed by atoms with Crippen molar-refractivity contribution < 1.29 is 19.1 Å². The van der Waals surface area contributed by atoms with Gasteiger partial charge < -0.3 is 15.4 Å². The number of rotatable bonds is 6. The fourth-order valence-corrected chi connectivity index (χ4v) is 4.38. The lowest BCUT2D eigenvalue weighted by molar-refractivity contribution is -0.148. The summed E-state index contributed by atoms with van der Waals surface area (Å²) in [4.78, 5) is 41.0. The summed E-state index contributed by atoms with van der Waals surface area (Å²) in [7, 11) is 1.35. The highest BCUT2D eigenvalue weighted by Crippen LogP contribution is 2.34. The second-order valence-corrected chi connectivity index (χ2v) is 8.38. The molecule has 0 spiro atoms. The molecule has 2 N–H and O–H groups in total. The van der Waals surface area contributed by atoms with Crippen LogP contribution in [0.5, 0.6) is 0 Å². The highest BCUT2D eigenvalue weighted by molar-refractivity contribution is 7.14. The Morgan fingerprint density at radius 2 is 1.79 bits per heavy atom. The normalized spacial score (nSPS) is 20.9.